The zero-order valence-corrected chi connectivity index (χ0v) is 16.2. The van der Waals surface area contributed by atoms with E-state index in [2.05, 4.69) is 25.6 Å². The smallest absolute Gasteiger partial charge is 0.228 e. The third-order valence-electron chi connectivity index (χ3n) is 4.34. The summed E-state index contributed by atoms with van der Waals surface area (Å²) in [5.41, 5.74) is 1.79. The molecule has 0 bridgehead atoms. The predicted octanol–water partition coefficient (Wildman–Crippen LogP) is 4.03. The van der Waals surface area contributed by atoms with Crippen LogP contribution in [-0.4, -0.2) is 25.4 Å². The molecule has 4 aromatic rings. The van der Waals surface area contributed by atoms with Gasteiger partial charge in [0.05, 0.1) is 6.42 Å². The van der Waals surface area contributed by atoms with Crippen LogP contribution < -0.4 is 10.6 Å². The Hall–Kier alpha value is -4.07. The van der Waals surface area contributed by atoms with E-state index >= 15 is 0 Å². The second-order valence-electron chi connectivity index (χ2n) is 6.65. The number of aryl methyl sites for hydroxylation is 1. The summed E-state index contributed by atoms with van der Waals surface area (Å²) in [4.78, 5) is 25.0. The molecule has 0 fully saturated rings. The molecule has 4 rings (SSSR count). The highest BCUT2D eigenvalue weighted by atomic mass is 19.1. The van der Waals surface area contributed by atoms with E-state index in [9.17, 15) is 9.18 Å². The summed E-state index contributed by atoms with van der Waals surface area (Å²) >= 11 is 0. The Balaban J connectivity index is 1.42. The molecule has 0 radical (unpaired) electrons. The number of nitrogens with zero attached hydrogens (tertiary/aromatic N) is 4. The van der Waals surface area contributed by atoms with Gasteiger partial charge in [-0.15, -0.1) is 0 Å². The minimum atomic E-state index is -0.387. The average molecular weight is 402 g/mol. The van der Waals surface area contributed by atoms with Crippen LogP contribution in [0.1, 0.15) is 11.4 Å². The average Bonchev–Trinajstić information content (AvgIpc) is 3.26. The number of aromatic nitrogens is 4. The fraction of sp³-hybridized carbons (Fsp3) is 0.0909. The summed E-state index contributed by atoms with van der Waals surface area (Å²) in [6.07, 6.45) is 5.14. The second kappa shape index (κ2) is 8.52. The highest BCUT2D eigenvalue weighted by molar-refractivity contribution is 5.92. The molecule has 2 heterocycles. The van der Waals surface area contributed by atoms with E-state index in [0.717, 1.165) is 5.69 Å². The number of halogens is 1. The van der Waals surface area contributed by atoms with Crippen molar-refractivity contribution in [3.05, 3.63) is 90.5 Å². The Morgan fingerprint density at radius 3 is 2.57 bits per heavy atom. The van der Waals surface area contributed by atoms with Gasteiger partial charge >= 0.3 is 0 Å². The number of benzene rings is 2. The van der Waals surface area contributed by atoms with Gasteiger partial charge in [0.2, 0.25) is 5.91 Å². The van der Waals surface area contributed by atoms with Gasteiger partial charge in [-0.25, -0.2) is 19.3 Å². The van der Waals surface area contributed by atoms with E-state index in [4.69, 9.17) is 0 Å². The number of nitrogens with one attached hydrogen (secondary N) is 2. The van der Waals surface area contributed by atoms with E-state index in [1.165, 1.54) is 6.07 Å². The van der Waals surface area contributed by atoms with Crippen molar-refractivity contribution in [2.24, 2.45) is 0 Å². The van der Waals surface area contributed by atoms with Crippen LogP contribution in [-0.2, 0) is 11.2 Å². The van der Waals surface area contributed by atoms with Gasteiger partial charge in [-0.05, 0) is 42.8 Å². The molecular formula is C22H19FN6O. The van der Waals surface area contributed by atoms with Gasteiger partial charge in [-0.1, -0.05) is 18.2 Å². The number of rotatable bonds is 6. The van der Waals surface area contributed by atoms with E-state index in [1.54, 1.807) is 47.4 Å². The summed E-state index contributed by atoms with van der Waals surface area (Å²) in [6.45, 7) is 1.82. The Morgan fingerprint density at radius 1 is 1.07 bits per heavy atom. The lowest BCUT2D eigenvalue weighted by Crippen LogP contribution is -2.15. The van der Waals surface area contributed by atoms with Gasteiger partial charge in [0.25, 0.3) is 0 Å². The molecule has 0 aliphatic heterocycles. The second-order valence-corrected chi connectivity index (χ2v) is 6.65. The lowest BCUT2D eigenvalue weighted by atomic mass is 10.1. The van der Waals surface area contributed by atoms with Crippen LogP contribution in [0.2, 0.25) is 0 Å². The van der Waals surface area contributed by atoms with Crippen molar-refractivity contribution < 1.29 is 9.18 Å². The number of carbonyl (C=O) groups excluding carboxylic acids is 1. The third-order valence-corrected chi connectivity index (χ3v) is 4.34. The molecule has 0 saturated carbocycles. The Morgan fingerprint density at radius 2 is 1.83 bits per heavy atom. The maximum absolute atomic E-state index is 13.7. The maximum Gasteiger partial charge on any atom is 0.228 e. The lowest BCUT2D eigenvalue weighted by molar-refractivity contribution is -0.115. The molecule has 0 unspecified atom stereocenters. The van der Waals surface area contributed by atoms with Crippen LogP contribution in [0.3, 0.4) is 0 Å². The molecular weight excluding hydrogens is 383 g/mol. The summed E-state index contributed by atoms with van der Waals surface area (Å²) in [6, 6.07) is 15.3. The van der Waals surface area contributed by atoms with E-state index < -0.39 is 0 Å². The maximum atomic E-state index is 13.7. The van der Waals surface area contributed by atoms with Crippen molar-refractivity contribution in [3.63, 3.8) is 0 Å². The summed E-state index contributed by atoms with van der Waals surface area (Å²) in [7, 11) is 0. The number of hydrogen-bond acceptors (Lipinski definition) is 5. The molecule has 2 aromatic heterocycles. The van der Waals surface area contributed by atoms with Gasteiger partial charge in [0.1, 0.15) is 29.6 Å². The predicted molar refractivity (Wildman–Crippen MR) is 112 cm³/mol. The van der Waals surface area contributed by atoms with E-state index in [1.807, 2.05) is 31.3 Å². The molecule has 2 aromatic carbocycles. The first-order valence-corrected chi connectivity index (χ1v) is 9.31. The summed E-state index contributed by atoms with van der Waals surface area (Å²) in [5, 5.41) is 6.00. The third kappa shape index (κ3) is 4.67. The van der Waals surface area contributed by atoms with Crippen LogP contribution in [0.15, 0.2) is 73.3 Å². The standard InChI is InChI=1S/C22H19FN6O/c1-15-25-20(13-21(26-15)29-11-10-24-14-29)27-17-6-8-18(9-7-17)28-22(30)12-16-4-2-3-5-19(16)23/h2-11,13-14H,12H2,1H3,(H,28,30)(H,25,26,27). The molecule has 0 atom stereocenters. The first-order valence-electron chi connectivity index (χ1n) is 9.31. The fourth-order valence-corrected chi connectivity index (χ4v) is 2.95. The van der Waals surface area contributed by atoms with Gasteiger partial charge in [-0.2, -0.15) is 0 Å². The molecule has 1 amide bonds. The lowest BCUT2D eigenvalue weighted by Gasteiger charge is -2.10. The van der Waals surface area contributed by atoms with Crippen molar-refractivity contribution in [1.82, 2.24) is 19.5 Å². The first kappa shape index (κ1) is 19.3. The van der Waals surface area contributed by atoms with Crippen LogP contribution in [0.4, 0.5) is 21.6 Å². The minimum Gasteiger partial charge on any atom is -0.340 e. The topological polar surface area (TPSA) is 84.7 Å². The first-order chi connectivity index (χ1) is 14.6. The van der Waals surface area contributed by atoms with Crippen LogP contribution in [0.5, 0.6) is 0 Å². The SMILES string of the molecule is Cc1nc(Nc2ccc(NC(=O)Cc3ccccc3F)cc2)cc(-n2ccnc2)n1. The summed E-state index contributed by atoms with van der Waals surface area (Å²) in [5.74, 6) is 1.31. The molecule has 8 heteroatoms. The van der Waals surface area contributed by atoms with Gasteiger partial charge < -0.3 is 10.6 Å². The highest BCUT2D eigenvalue weighted by Gasteiger charge is 2.08. The minimum absolute atomic E-state index is 0.0239. The highest BCUT2D eigenvalue weighted by Crippen LogP contribution is 2.20. The Kier molecular flexibility index (Phi) is 5.47. The van der Waals surface area contributed by atoms with Crippen molar-refractivity contribution >= 4 is 23.1 Å². The van der Waals surface area contributed by atoms with Gasteiger partial charge in [-0.3, -0.25) is 9.36 Å². The number of carbonyl (C=O) groups is 1. The molecule has 0 spiro atoms. The van der Waals surface area contributed by atoms with Crippen LogP contribution in [0, 0.1) is 12.7 Å². The number of anilines is 3. The molecule has 0 saturated heterocycles. The Bertz CT molecular complexity index is 1160. The fourth-order valence-electron chi connectivity index (χ4n) is 2.95. The normalized spacial score (nSPS) is 10.6. The molecule has 7 nitrogen and oxygen atoms in total. The molecule has 2 N–H and O–H groups in total. The van der Waals surface area contributed by atoms with Crippen molar-refractivity contribution in [2.75, 3.05) is 10.6 Å². The van der Waals surface area contributed by atoms with Crippen molar-refractivity contribution in [3.8, 4) is 5.82 Å². The summed E-state index contributed by atoms with van der Waals surface area (Å²) < 4.78 is 15.5. The monoisotopic (exact) mass is 402 g/mol. The molecule has 0 aliphatic rings. The largest absolute Gasteiger partial charge is 0.340 e. The number of amides is 1. The quantitative estimate of drug-likeness (QED) is 0.509. The zero-order valence-electron chi connectivity index (χ0n) is 16.2. The van der Waals surface area contributed by atoms with Crippen LogP contribution in [0.25, 0.3) is 5.82 Å². The molecule has 30 heavy (non-hydrogen) atoms. The van der Waals surface area contributed by atoms with Crippen molar-refractivity contribution in [2.45, 2.75) is 13.3 Å². The van der Waals surface area contributed by atoms with Crippen LogP contribution >= 0.6 is 0 Å². The number of hydrogen-bond donors (Lipinski definition) is 2. The van der Waals surface area contributed by atoms with E-state index in [-0.39, 0.29) is 18.1 Å². The van der Waals surface area contributed by atoms with E-state index in [0.29, 0.717) is 28.7 Å². The Labute approximate surface area is 172 Å². The van der Waals surface area contributed by atoms with Gasteiger partial charge in [0, 0.05) is 29.8 Å². The van der Waals surface area contributed by atoms with Crippen molar-refractivity contribution in [1.29, 1.82) is 0 Å². The number of imidazole rings is 1. The zero-order chi connectivity index (χ0) is 20.9. The molecule has 0 aliphatic carbocycles. The molecule has 150 valence electrons. The van der Waals surface area contributed by atoms with Gasteiger partial charge in [0.15, 0.2) is 0 Å².